The molecular formula is C30H27ClF10N4O4S2. The molecule has 280 valence electrons. The van der Waals surface area contributed by atoms with Crippen molar-refractivity contribution < 1.29 is 58.0 Å². The lowest BCUT2D eigenvalue weighted by atomic mass is 10.1. The summed E-state index contributed by atoms with van der Waals surface area (Å²) in [5.41, 5.74) is 8.07. The Bertz CT molecular complexity index is 1950. The normalized spacial score (nSPS) is 13.8. The van der Waals surface area contributed by atoms with Crippen LogP contribution in [0, 0.1) is 13.8 Å². The second-order valence-corrected chi connectivity index (χ2v) is 15.4. The van der Waals surface area contributed by atoms with Crippen molar-refractivity contribution >= 4 is 55.0 Å². The number of amides is 3. The fourth-order valence-corrected chi connectivity index (χ4v) is 5.12. The van der Waals surface area contributed by atoms with Gasteiger partial charge in [0.1, 0.15) is 9.79 Å². The molecule has 0 aliphatic carbocycles. The number of carbonyl (C=O) groups is 4. The Morgan fingerprint density at radius 1 is 0.510 bits per heavy atom. The Balaban J connectivity index is 0.000000293. The number of benzene rings is 4. The number of nitrogens with one attached hydrogen (secondary N) is 3. The Kier molecular flexibility index (Phi) is 11.4. The maximum absolute atomic E-state index is 12.6. The van der Waals surface area contributed by atoms with Gasteiger partial charge in [0, 0.05) is 22.3 Å². The predicted octanol–water partition coefficient (Wildman–Crippen LogP) is 10.0. The van der Waals surface area contributed by atoms with Crippen LogP contribution in [-0.4, -0.2) is 23.0 Å². The van der Waals surface area contributed by atoms with Gasteiger partial charge in [-0.2, -0.15) is 0 Å². The first-order chi connectivity index (χ1) is 22.9. The largest absolute Gasteiger partial charge is 0.310 e. The van der Waals surface area contributed by atoms with E-state index < -0.39 is 47.3 Å². The van der Waals surface area contributed by atoms with Crippen LogP contribution in [0.25, 0.3) is 0 Å². The molecule has 4 aromatic rings. The van der Waals surface area contributed by atoms with Crippen LogP contribution in [0.1, 0.15) is 52.6 Å². The molecular weight excluding hydrogens is 770 g/mol. The summed E-state index contributed by atoms with van der Waals surface area (Å²) >= 11 is 4.94. The molecule has 0 unspecified atom stereocenters. The first-order valence-corrected chi connectivity index (χ1v) is 17.8. The molecule has 0 fully saturated rings. The van der Waals surface area contributed by atoms with Crippen LogP contribution in [0.2, 0.25) is 0 Å². The number of halogens is 11. The number of hydrazine groups is 2. The van der Waals surface area contributed by atoms with Gasteiger partial charge in [-0.3, -0.25) is 35.5 Å². The third-order valence-electron chi connectivity index (χ3n) is 6.29. The van der Waals surface area contributed by atoms with Crippen LogP contribution in [0.4, 0.5) is 38.9 Å². The van der Waals surface area contributed by atoms with Crippen molar-refractivity contribution in [2.45, 2.75) is 23.6 Å². The van der Waals surface area contributed by atoms with Gasteiger partial charge in [-0.1, -0.05) is 75.3 Å². The molecule has 0 saturated heterocycles. The van der Waals surface area contributed by atoms with E-state index in [4.69, 9.17) is 17.4 Å². The van der Waals surface area contributed by atoms with Crippen LogP contribution in [-0.2, 0) is 0 Å². The van der Waals surface area contributed by atoms with E-state index in [0.717, 1.165) is 5.56 Å². The summed E-state index contributed by atoms with van der Waals surface area (Å²) in [6.07, 6.45) is 0. The molecule has 0 aliphatic rings. The molecule has 5 N–H and O–H groups in total. The SMILES string of the molecule is Cc1ccccc1C(=O)NN.Cc1ccccc1C(=O)NNC(=O)c1ccc(S(F)(F)(F)(F)F)cc1.O=C(Cl)c1ccc(S(F)(F)(F)(F)F)cc1. The lowest BCUT2D eigenvalue weighted by Gasteiger charge is -2.40. The smallest absolute Gasteiger partial charge is 0.290 e. The fraction of sp³-hybridized carbons (Fsp3) is 0.0667. The van der Waals surface area contributed by atoms with E-state index in [1.807, 2.05) is 24.5 Å². The first kappa shape index (κ1) is 42.4. The predicted molar refractivity (Wildman–Crippen MR) is 175 cm³/mol. The molecule has 0 atom stereocenters. The van der Waals surface area contributed by atoms with E-state index in [9.17, 15) is 58.0 Å². The number of aryl methyl sites for hydroxylation is 2. The lowest BCUT2D eigenvalue weighted by molar-refractivity contribution is 0.0846. The zero-order valence-electron chi connectivity index (χ0n) is 25.9. The average molecular weight is 797 g/mol. The lowest BCUT2D eigenvalue weighted by Crippen LogP contribution is -2.41. The van der Waals surface area contributed by atoms with Crippen molar-refractivity contribution in [1.82, 2.24) is 16.3 Å². The second kappa shape index (κ2) is 13.7. The molecule has 0 aromatic heterocycles. The number of nitrogen functional groups attached to an aromatic ring is 1. The number of rotatable bonds is 6. The monoisotopic (exact) mass is 796 g/mol. The number of carbonyl (C=O) groups excluding carboxylic acids is 4. The molecule has 3 amide bonds. The Morgan fingerprint density at radius 2 is 0.843 bits per heavy atom. The minimum absolute atomic E-state index is 0.125. The molecule has 51 heavy (non-hydrogen) atoms. The van der Waals surface area contributed by atoms with E-state index in [1.165, 1.54) is 6.07 Å². The van der Waals surface area contributed by atoms with Crippen LogP contribution < -0.4 is 22.1 Å². The molecule has 4 rings (SSSR count). The van der Waals surface area contributed by atoms with Gasteiger partial charge < -0.3 is 0 Å². The van der Waals surface area contributed by atoms with Crippen molar-refractivity contribution in [2.75, 3.05) is 0 Å². The maximum Gasteiger partial charge on any atom is 0.310 e. The maximum atomic E-state index is 12.6. The van der Waals surface area contributed by atoms with E-state index in [1.54, 1.807) is 37.3 Å². The van der Waals surface area contributed by atoms with Gasteiger partial charge in [0.15, 0.2) is 0 Å². The van der Waals surface area contributed by atoms with Gasteiger partial charge in [-0.05, 0) is 97.2 Å². The molecule has 8 nitrogen and oxygen atoms in total. The standard InChI is InChI=1S/C15H13F5N2O2S.C8H10N2O.C7H4ClF5OS/c1-10-4-2-3-5-13(10)15(24)22-21-14(23)11-6-8-12(9-7-11)25(16,17,18,19)20;1-6-4-2-3-5-7(6)8(11)10-9;8-7(14)5-1-3-6(4-2-5)15(9,10,11,12)13/h2-9H,1H3,(H,21,23)(H,22,24);2-5H,9H2,1H3,(H,10,11);1-4H. The minimum Gasteiger partial charge on any atom is -0.290 e. The summed E-state index contributed by atoms with van der Waals surface area (Å²) in [6.45, 7) is 3.54. The Morgan fingerprint density at radius 3 is 1.18 bits per heavy atom. The molecule has 0 saturated carbocycles. The van der Waals surface area contributed by atoms with E-state index in [2.05, 4.69) is 10.9 Å². The topological polar surface area (TPSA) is 130 Å². The van der Waals surface area contributed by atoms with Crippen LogP contribution in [0.15, 0.2) is 107 Å². The van der Waals surface area contributed by atoms with E-state index in [-0.39, 0.29) is 41.3 Å². The number of hydrogen-bond acceptors (Lipinski definition) is 5. The molecule has 0 heterocycles. The highest BCUT2D eigenvalue weighted by molar-refractivity contribution is 8.46. The van der Waals surface area contributed by atoms with Gasteiger partial charge in [-0.25, -0.2) is 5.84 Å². The van der Waals surface area contributed by atoms with Gasteiger partial charge in [-0.15, -0.1) is 0 Å². The van der Waals surface area contributed by atoms with Crippen molar-refractivity contribution in [3.8, 4) is 0 Å². The second-order valence-electron chi connectivity index (χ2n) is 10.3. The highest BCUT2D eigenvalue weighted by Gasteiger charge is 2.66. The zero-order chi connectivity index (χ0) is 39.2. The van der Waals surface area contributed by atoms with Crippen molar-refractivity contribution in [3.63, 3.8) is 0 Å². The van der Waals surface area contributed by atoms with Crippen molar-refractivity contribution in [2.24, 2.45) is 5.84 Å². The molecule has 0 spiro atoms. The van der Waals surface area contributed by atoms with E-state index >= 15 is 0 Å². The van der Waals surface area contributed by atoms with Gasteiger partial charge in [0.05, 0.1) is 0 Å². The quantitative estimate of drug-likeness (QED) is 0.0508. The molecule has 0 radical (unpaired) electrons. The summed E-state index contributed by atoms with van der Waals surface area (Å²) in [5.74, 6) is 3.15. The summed E-state index contributed by atoms with van der Waals surface area (Å²) in [4.78, 5) is 41.0. The third-order valence-corrected chi connectivity index (χ3v) is 8.83. The van der Waals surface area contributed by atoms with Crippen LogP contribution in [0.3, 0.4) is 0 Å². The van der Waals surface area contributed by atoms with Crippen LogP contribution >= 0.6 is 32.0 Å². The van der Waals surface area contributed by atoms with Gasteiger partial charge in [0.25, 0.3) is 23.0 Å². The number of nitrogens with two attached hydrogens (primary N) is 1. The summed E-state index contributed by atoms with van der Waals surface area (Å²) < 4.78 is 124. The van der Waals surface area contributed by atoms with Crippen LogP contribution in [0.5, 0.6) is 0 Å². The highest BCUT2D eigenvalue weighted by Crippen LogP contribution is 3.02. The Hall–Kier alpha value is -4.79. The molecule has 4 aromatic carbocycles. The average Bonchev–Trinajstić information content (AvgIpc) is 3.02. The van der Waals surface area contributed by atoms with Gasteiger partial charge in [0.2, 0.25) is 0 Å². The molecule has 0 aliphatic heterocycles. The highest BCUT2D eigenvalue weighted by atomic mass is 35.5. The number of hydrogen-bond donors (Lipinski definition) is 4. The minimum atomic E-state index is -9.79. The third kappa shape index (κ3) is 13.1. The first-order valence-electron chi connectivity index (χ1n) is 13.5. The Labute approximate surface area is 288 Å². The molecule has 0 bridgehead atoms. The summed E-state index contributed by atoms with van der Waals surface area (Å²) in [5, 5.41) is -1.01. The van der Waals surface area contributed by atoms with E-state index in [0.29, 0.717) is 41.0 Å². The summed E-state index contributed by atoms with van der Waals surface area (Å²) in [6, 6.07) is 16.7. The fourth-order valence-electron chi connectivity index (χ4n) is 3.69. The van der Waals surface area contributed by atoms with Crippen molar-refractivity contribution in [1.29, 1.82) is 0 Å². The zero-order valence-corrected chi connectivity index (χ0v) is 28.3. The van der Waals surface area contributed by atoms with Crippen molar-refractivity contribution in [3.05, 3.63) is 130 Å². The molecule has 21 heteroatoms. The summed E-state index contributed by atoms with van der Waals surface area (Å²) in [7, 11) is -19.4. The van der Waals surface area contributed by atoms with Gasteiger partial charge >= 0.3 is 20.4 Å².